The van der Waals surface area contributed by atoms with Gasteiger partial charge in [-0.25, -0.2) is 9.67 Å². The van der Waals surface area contributed by atoms with Crippen LogP contribution in [0.5, 0.6) is 5.75 Å². The molecule has 2 aromatic rings. The van der Waals surface area contributed by atoms with Crippen LogP contribution in [0.3, 0.4) is 0 Å². The van der Waals surface area contributed by atoms with E-state index in [-0.39, 0.29) is 17.9 Å². The lowest BCUT2D eigenvalue weighted by atomic mass is 10.2. The number of carbonyl (C=O) groups is 1. The average molecular weight is 302 g/mol. The first-order chi connectivity index (χ1) is 10.4. The molecule has 0 saturated heterocycles. The number of hydrogen-bond acceptors (Lipinski definition) is 4. The van der Waals surface area contributed by atoms with Crippen LogP contribution in [-0.4, -0.2) is 27.8 Å². The third-order valence-electron chi connectivity index (χ3n) is 3.29. The van der Waals surface area contributed by atoms with E-state index in [0.29, 0.717) is 5.82 Å². The van der Waals surface area contributed by atoms with Gasteiger partial charge in [0.1, 0.15) is 5.75 Å². The van der Waals surface area contributed by atoms with E-state index in [4.69, 9.17) is 4.74 Å². The molecule has 22 heavy (non-hydrogen) atoms. The summed E-state index contributed by atoms with van der Waals surface area (Å²) >= 11 is 0. The van der Waals surface area contributed by atoms with Gasteiger partial charge in [-0.1, -0.05) is 13.8 Å². The van der Waals surface area contributed by atoms with Crippen LogP contribution in [0.15, 0.2) is 24.3 Å². The highest BCUT2D eigenvalue weighted by Crippen LogP contribution is 2.21. The Hall–Kier alpha value is -2.37. The van der Waals surface area contributed by atoms with Gasteiger partial charge in [0, 0.05) is 12.8 Å². The third-order valence-corrected chi connectivity index (χ3v) is 3.29. The third kappa shape index (κ3) is 3.44. The number of aromatic nitrogens is 3. The number of nitrogens with zero attached hydrogens (tertiary/aromatic N) is 3. The highest BCUT2D eigenvalue weighted by atomic mass is 16.5. The van der Waals surface area contributed by atoms with Crippen molar-refractivity contribution >= 4 is 5.91 Å². The molecule has 2 rings (SSSR count). The quantitative estimate of drug-likeness (QED) is 0.921. The van der Waals surface area contributed by atoms with Crippen molar-refractivity contribution in [3.8, 4) is 11.4 Å². The summed E-state index contributed by atoms with van der Waals surface area (Å²) < 4.78 is 6.95. The van der Waals surface area contributed by atoms with Crippen LogP contribution >= 0.6 is 0 Å². The molecule has 1 amide bonds. The van der Waals surface area contributed by atoms with Gasteiger partial charge in [0.25, 0.3) is 0 Å². The Morgan fingerprint density at radius 2 is 1.86 bits per heavy atom. The standard InChI is InChI=1S/C16H22N4O2/c1-10(2)15-18-16(11(3)17-12(4)21)20(19-15)13-6-8-14(22-5)9-7-13/h6-11H,1-5H3,(H,17,21)/t11-/m0/s1. The normalized spacial score (nSPS) is 12.3. The molecule has 0 radical (unpaired) electrons. The second-order valence-corrected chi connectivity index (χ2v) is 5.51. The molecule has 118 valence electrons. The zero-order valence-electron chi connectivity index (χ0n) is 13.6. The highest BCUT2D eigenvalue weighted by molar-refractivity contribution is 5.73. The first kappa shape index (κ1) is 16.0. The van der Waals surface area contributed by atoms with Gasteiger partial charge in [0.15, 0.2) is 11.6 Å². The maximum Gasteiger partial charge on any atom is 0.217 e. The average Bonchev–Trinajstić information content (AvgIpc) is 2.92. The van der Waals surface area contributed by atoms with Crippen molar-refractivity contribution in [1.82, 2.24) is 20.1 Å². The Kier molecular flexibility index (Phi) is 4.80. The molecular formula is C16H22N4O2. The number of hydrogen-bond donors (Lipinski definition) is 1. The van der Waals surface area contributed by atoms with Crippen LogP contribution in [0.25, 0.3) is 5.69 Å². The Morgan fingerprint density at radius 1 is 1.23 bits per heavy atom. The Balaban J connectivity index is 2.45. The fraction of sp³-hybridized carbons (Fsp3) is 0.438. The van der Waals surface area contributed by atoms with Crippen molar-refractivity contribution in [2.24, 2.45) is 0 Å². The van der Waals surface area contributed by atoms with Crippen LogP contribution in [0, 0.1) is 0 Å². The number of carbonyl (C=O) groups excluding carboxylic acids is 1. The van der Waals surface area contributed by atoms with Crippen molar-refractivity contribution in [2.75, 3.05) is 7.11 Å². The van der Waals surface area contributed by atoms with Crippen molar-refractivity contribution < 1.29 is 9.53 Å². The molecule has 0 saturated carbocycles. The largest absolute Gasteiger partial charge is 0.497 e. The van der Waals surface area contributed by atoms with E-state index in [1.165, 1.54) is 6.92 Å². The summed E-state index contributed by atoms with van der Waals surface area (Å²) in [4.78, 5) is 15.9. The molecule has 0 aliphatic carbocycles. The minimum absolute atomic E-state index is 0.0946. The van der Waals surface area contributed by atoms with E-state index in [0.717, 1.165) is 17.3 Å². The zero-order chi connectivity index (χ0) is 16.3. The number of methoxy groups -OCH3 is 1. The second-order valence-electron chi connectivity index (χ2n) is 5.51. The summed E-state index contributed by atoms with van der Waals surface area (Å²) in [6, 6.07) is 7.36. The van der Waals surface area contributed by atoms with Gasteiger partial charge in [0.2, 0.25) is 5.91 Å². The topological polar surface area (TPSA) is 69.0 Å². The number of ether oxygens (including phenoxy) is 1. The Labute approximate surface area is 130 Å². The van der Waals surface area contributed by atoms with Crippen molar-refractivity contribution in [3.05, 3.63) is 35.9 Å². The molecule has 6 nitrogen and oxygen atoms in total. The highest BCUT2D eigenvalue weighted by Gasteiger charge is 2.19. The van der Waals surface area contributed by atoms with Gasteiger partial charge in [-0.05, 0) is 31.2 Å². The molecule has 1 atom stereocenters. The van der Waals surface area contributed by atoms with Gasteiger partial charge < -0.3 is 10.1 Å². The van der Waals surface area contributed by atoms with E-state index in [2.05, 4.69) is 15.4 Å². The van der Waals surface area contributed by atoms with Crippen LogP contribution < -0.4 is 10.1 Å². The molecule has 6 heteroatoms. The maximum absolute atomic E-state index is 11.3. The summed E-state index contributed by atoms with van der Waals surface area (Å²) in [6.45, 7) is 7.48. The van der Waals surface area contributed by atoms with Crippen molar-refractivity contribution in [1.29, 1.82) is 0 Å². The van der Waals surface area contributed by atoms with E-state index in [9.17, 15) is 4.79 Å². The fourth-order valence-electron chi connectivity index (χ4n) is 2.15. The summed E-state index contributed by atoms with van der Waals surface area (Å²) in [5, 5.41) is 7.43. The predicted octanol–water partition coefficient (Wildman–Crippen LogP) is 2.60. The van der Waals surface area contributed by atoms with Crippen molar-refractivity contribution in [3.63, 3.8) is 0 Å². The SMILES string of the molecule is COc1ccc(-n2nc(C(C)C)nc2[C@H](C)NC(C)=O)cc1. The number of benzene rings is 1. The lowest BCUT2D eigenvalue weighted by Crippen LogP contribution is -2.26. The lowest BCUT2D eigenvalue weighted by molar-refractivity contribution is -0.119. The first-order valence-electron chi connectivity index (χ1n) is 7.30. The zero-order valence-corrected chi connectivity index (χ0v) is 13.6. The summed E-state index contributed by atoms with van der Waals surface area (Å²) in [5.74, 6) is 2.36. The molecule has 0 unspecified atom stereocenters. The first-order valence-corrected chi connectivity index (χ1v) is 7.30. The van der Waals surface area contributed by atoms with E-state index >= 15 is 0 Å². The van der Waals surface area contributed by atoms with Crippen LogP contribution in [0.2, 0.25) is 0 Å². The second kappa shape index (κ2) is 6.60. The van der Waals surface area contributed by atoms with E-state index < -0.39 is 0 Å². The maximum atomic E-state index is 11.3. The molecule has 1 aromatic heterocycles. The van der Waals surface area contributed by atoms with E-state index in [1.807, 2.05) is 45.0 Å². The van der Waals surface area contributed by atoms with Crippen molar-refractivity contribution in [2.45, 2.75) is 39.7 Å². The number of amides is 1. The minimum Gasteiger partial charge on any atom is -0.497 e. The van der Waals surface area contributed by atoms with Gasteiger partial charge >= 0.3 is 0 Å². The van der Waals surface area contributed by atoms with Crippen LogP contribution in [-0.2, 0) is 4.79 Å². The molecule has 1 heterocycles. The molecule has 0 aliphatic heterocycles. The number of rotatable bonds is 5. The molecule has 0 fully saturated rings. The molecule has 1 aromatic carbocycles. The summed E-state index contributed by atoms with van der Waals surface area (Å²) in [5.41, 5.74) is 0.882. The molecule has 0 aliphatic rings. The van der Waals surface area contributed by atoms with Crippen LogP contribution in [0.1, 0.15) is 51.3 Å². The summed E-state index contributed by atoms with van der Waals surface area (Å²) in [6.07, 6.45) is 0. The van der Waals surface area contributed by atoms with Gasteiger partial charge in [-0.15, -0.1) is 0 Å². The van der Waals surface area contributed by atoms with Gasteiger partial charge in [-0.3, -0.25) is 4.79 Å². The monoisotopic (exact) mass is 302 g/mol. The summed E-state index contributed by atoms with van der Waals surface area (Å²) in [7, 11) is 1.63. The predicted molar refractivity (Wildman–Crippen MR) is 84.2 cm³/mol. The Bertz CT molecular complexity index is 647. The fourth-order valence-corrected chi connectivity index (χ4v) is 2.15. The van der Waals surface area contributed by atoms with Crippen LogP contribution in [0.4, 0.5) is 0 Å². The molecule has 1 N–H and O–H groups in total. The molecular weight excluding hydrogens is 280 g/mol. The molecule has 0 bridgehead atoms. The van der Waals surface area contributed by atoms with Gasteiger partial charge in [-0.2, -0.15) is 5.10 Å². The van der Waals surface area contributed by atoms with Gasteiger partial charge in [0.05, 0.1) is 18.8 Å². The minimum atomic E-state index is -0.223. The van der Waals surface area contributed by atoms with E-state index in [1.54, 1.807) is 11.8 Å². The smallest absolute Gasteiger partial charge is 0.217 e. The Morgan fingerprint density at radius 3 is 2.36 bits per heavy atom. The lowest BCUT2D eigenvalue weighted by Gasteiger charge is -2.13. The molecule has 0 spiro atoms. The number of nitrogens with one attached hydrogen (secondary N) is 1.